The van der Waals surface area contributed by atoms with E-state index in [-0.39, 0.29) is 5.91 Å². The molecular weight excluding hydrogens is 405 g/mol. The molecule has 0 heterocycles. The zero-order valence-corrected chi connectivity index (χ0v) is 17.7. The number of thioether (sulfide) groups is 1. The molecule has 0 fully saturated rings. The molecule has 1 amide bonds. The van der Waals surface area contributed by atoms with E-state index in [4.69, 9.17) is 32.7 Å². The maximum absolute atomic E-state index is 12.4. The zero-order chi connectivity index (χ0) is 19.6. The van der Waals surface area contributed by atoms with Gasteiger partial charge < -0.3 is 14.8 Å². The van der Waals surface area contributed by atoms with Crippen LogP contribution in [0.15, 0.2) is 42.5 Å². The Labute approximate surface area is 174 Å². The van der Waals surface area contributed by atoms with Crippen molar-refractivity contribution in [3.8, 4) is 11.5 Å². The molecule has 2 aromatic rings. The third kappa shape index (κ3) is 6.83. The lowest BCUT2D eigenvalue weighted by molar-refractivity contribution is -0.127. The van der Waals surface area contributed by atoms with Crippen molar-refractivity contribution in [3.05, 3.63) is 58.1 Å². The van der Waals surface area contributed by atoms with Gasteiger partial charge in [-0.3, -0.25) is 4.79 Å². The zero-order valence-electron chi connectivity index (χ0n) is 15.3. The van der Waals surface area contributed by atoms with E-state index in [0.717, 1.165) is 11.3 Å². The maximum Gasteiger partial charge on any atom is 0.261 e. The normalized spacial score (nSPS) is 11.7. The molecule has 0 saturated heterocycles. The van der Waals surface area contributed by atoms with Gasteiger partial charge in [0.2, 0.25) is 0 Å². The second-order valence-electron chi connectivity index (χ2n) is 5.74. The Morgan fingerprint density at radius 2 is 1.81 bits per heavy atom. The molecule has 4 nitrogen and oxygen atoms in total. The first kappa shape index (κ1) is 21.7. The highest BCUT2D eigenvalue weighted by Gasteiger charge is 2.18. The molecule has 0 unspecified atom stereocenters. The summed E-state index contributed by atoms with van der Waals surface area (Å²) in [6, 6.07) is 12.7. The second kappa shape index (κ2) is 11.3. The van der Waals surface area contributed by atoms with Crippen molar-refractivity contribution >= 4 is 40.9 Å². The Balaban J connectivity index is 1.76. The van der Waals surface area contributed by atoms with Gasteiger partial charge in [0, 0.05) is 34.2 Å². The summed E-state index contributed by atoms with van der Waals surface area (Å²) in [5, 5.41) is 4.24. The number of benzene rings is 2. The summed E-state index contributed by atoms with van der Waals surface area (Å²) in [6.07, 6.45) is 0.0333. The molecule has 0 spiro atoms. The van der Waals surface area contributed by atoms with Gasteiger partial charge in [0.25, 0.3) is 5.91 Å². The van der Waals surface area contributed by atoms with E-state index in [0.29, 0.717) is 40.3 Å². The summed E-state index contributed by atoms with van der Waals surface area (Å²) in [6.45, 7) is 2.46. The molecule has 0 aliphatic heterocycles. The fraction of sp³-hybridized carbons (Fsp3) is 0.350. The van der Waals surface area contributed by atoms with E-state index >= 15 is 0 Å². The molecule has 146 valence electrons. The van der Waals surface area contributed by atoms with Gasteiger partial charge in [0.15, 0.2) is 6.10 Å². The molecule has 2 rings (SSSR count). The van der Waals surface area contributed by atoms with E-state index in [2.05, 4.69) is 5.32 Å². The number of hydrogen-bond acceptors (Lipinski definition) is 4. The molecule has 0 radical (unpaired) electrons. The number of nitrogens with one attached hydrogen (secondary N) is 1. The van der Waals surface area contributed by atoms with Crippen molar-refractivity contribution in [2.45, 2.75) is 25.2 Å². The number of rotatable bonds is 10. The highest BCUT2D eigenvalue weighted by Crippen LogP contribution is 2.28. The molecular formula is C20H23Cl2NO3S. The monoisotopic (exact) mass is 427 g/mol. The fourth-order valence-corrected chi connectivity index (χ4v) is 3.96. The topological polar surface area (TPSA) is 47.6 Å². The number of hydrogen-bond donors (Lipinski definition) is 1. The first-order valence-corrected chi connectivity index (χ1v) is 10.5. The van der Waals surface area contributed by atoms with Crippen LogP contribution in [-0.4, -0.2) is 31.4 Å². The number of methoxy groups -OCH3 is 1. The van der Waals surface area contributed by atoms with Crippen LogP contribution in [0.3, 0.4) is 0 Å². The molecule has 2 aromatic carbocycles. The van der Waals surface area contributed by atoms with Gasteiger partial charge in [0.05, 0.1) is 7.11 Å². The highest BCUT2D eigenvalue weighted by atomic mass is 35.5. The maximum atomic E-state index is 12.4. The fourth-order valence-electron chi connectivity index (χ4n) is 2.37. The van der Waals surface area contributed by atoms with Crippen molar-refractivity contribution in [1.29, 1.82) is 0 Å². The Morgan fingerprint density at radius 3 is 2.48 bits per heavy atom. The third-order valence-electron chi connectivity index (χ3n) is 3.84. The average molecular weight is 428 g/mol. The highest BCUT2D eigenvalue weighted by molar-refractivity contribution is 7.98. The van der Waals surface area contributed by atoms with Crippen LogP contribution in [0.25, 0.3) is 0 Å². The Hall–Kier alpha value is -1.56. The number of carbonyl (C=O) groups excluding carboxylic acids is 1. The number of halogens is 2. The van der Waals surface area contributed by atoms with Gasteiger partial charge >= 0.3 is 0 Å². The standard InChI is InChI=1S/C20H23Cl2NO3S/c1-3-19(26-15-7-4-6-14(12-15)25-2)20(24)23-10-11-27-13-16-17(21)8-5-9-18(16)22/h4-9,12,19H,3,10-11,13H2,1-2H3,(H,23,24)/t19-/m0/s1. The van der Waals surface area contributed by atoms with Crippen LogP contribution in [0.2, 0.25) is 10.0 Å². The molecule has 27 heavy (non-hydrogen) atoms. The molecule has 0 aliphatic carbocycles. The van der Waals surface area contributed by atoms with E-state index in [1.54, 1.807) is 24.9 Å². The molecule has 1 atom stereocenters. The van der Waals surface area contributed by atoms with Crippen LogP contribution >= 0.6 is 35.0 Å². The summed E-state index contributed by atoms with van der Waals surface area (Å²) in [5.41, 5.74) is 0.921. The molecule has 0 saturated carbocycles. The SMILES string of the molecule is CC[C@H](Oc1cccc(OC)c1)C(=O)NCCSCc1c(Cl)cccc1Cl. The minimum Gasteiger partial charge on any atom is -0.497 e. The summed E-state index contributed by atoms with van der Waals surface area (Å²) in [5.74, 6) is 2.63. The predicted octanol–water partition coefficient (Wildman–Crippen LogP) is 5.21. The second-order valence-corrected chi connectivity index (χ2v) is 7.66. The lowest BCUT2D eigenvalue weighted by Crippen LogP contribution is -2.39. The van der Waals surface area contributed by atoms with Gasteiger partial charge in [-0.2, -0.15) is 11.8 Å². The van der Waals surface area contributed by atoms with Crippen molar-refractivity contribution in [2.24, 2.45) is 0 Å². The van der Waals surface area contributed by atoms with Crippen molar-refractivity contribution < 1.29 is 14.3 Å². The number of ether oxygens (including phenoxy) is 2. The van der Waals surface area contributed by atoms with Crippen LogP contribution in [0, 0.1) is 0 Å². The summed E-state index contributed by atoms with van der Waals surface area (Å²) < 4.78 is 11.0. The minimum atomic E-state index is -0.542. The van der Waals surface area contributed by atoms with Crippen LogP contribution in [0.5, 0.6) is 11.5 Å². The van der Waals surface area contributed by atoms with E-state index in [9.17, 15) is 4.79 Å². The third-order valence-corrected chi connectivity index (χ3v) is 5.53. The van der Waals surface area contributed by atoms with Crippen molar-refractivity contribution in [3.63, 3.8) is 0 Å². The smallest absolute Gasteiger partial charge is 0.261 e. The van der Waals surface area contributed by atoms with E-state index in [1.807, 2.05) is 43.3 Å². The largest absolute Gasteiger partial charge is 0.497 e. The van der Waals surface area contributed by atoms with Gasteiger partial charge in [-0.1, -0.05) is 42.3 Å². The Kier molecular flexibility index (Phi) is 9.11. The summed E-state index contributed by atoms with van der Waals surface area (Å²) in [4.78, 5) is 12.4. The Bertz CT molecular complexity index is 738. The predicted molar refractivity (Wildman–Crippen MR) is 113 cm³/mol. The molecule has 7 heteroatoms. The first-order chi connectivity index (χ1) is 13.0. The van der Waals surface area contributed by atoms with E-state index < -0.39 is 6.10 Å². The van der Waals surface area contributed by atoms with Crippen LogP contribution in [-0.2, 0) is 10.5 Å². The van der Waals surface area contributed by atoms with Gasteiger partial charge in [-0.05, 0) is 36.2 Å². The quantitative estimate of drug-likeness (QED) is 0.528. The number of carbonyl (C=O) groups is 1. The molecule has 1 N–H and O–H groups in total. The van der Waals surface area contributed by atoms with Gasteiger partial charge in [-0.25, -0.2) is 0 Å². The Morgan fingerprint density at radius 1 is 1.15 bits per heavy atom. The minimum absolute atomic E-state index is 0.128. The average Bonchev–Trinajstić information content (AvgIpc) is 2.67. The van der Waals surface area contributed by atoms with Gasteiger partial charge in [0.1, 0.15) is 11.5 Å². The first-order valence-electron chi connectivity index (χ1n) is 8.64. The lowest BCUT2D eigenvalue weighted by atomic mass is 10.2. The van der Waals surface area contributed by atoms with Crippen LogP contribution in [0.1, 0.15) is 18.9 Å². The van der Waals surface area contributed by atoms with Crippen LogP contribution in [0.4, 0.5) is 0 Å². The van der Waals surface area contributed by atoms with E-state index in [1.165, 1.54) is 0 Å². The lowest BCUT2D eigenvalue weighted by Gasteiger charge is -2.17. The molecule has 0 aliphatic rings. The number of amides is 1. The van der Waals surface area contributed by atoms with Crippen molar-refractivity contribution in [2.75, 3.05) is 19.4 Å². The van der Waals surface area contributed by atoms with Crippen molar-refractivity contribution in [1.82, 2.24) is 5.32 Å². The van der Waals surface area contributed by atoms with Gasteiger partial charge in [-0.15, -0.1) is 0 Å². The summed E-state index contributed by atoms with van der Waals surface area (Å²) in [7, 11) is 1.59. The molecule has 0 aromatic heterocycles. The molecule has 0 bridgehead atoms. The summed E-state index contributed by atoms with van der Waals surface area (Å²) >= 11 is 14.0. The van der Waals surface area contributed by atoms with Crippen LogP contribution < -0.4 is 14.8 Å².